The number of para-hydroxylation sites is 1. The molecule has 2 aliphatic heterocycles. The number of hydrogen-bond donors (Lipinski definition) is 0. The minimum Gasteiger partial charge on any atom is -0.493 e. The third-order valence-electron chi connectivity index (χ3n) is 6.15. The molecule has 5 nitrogen and oxygen atoms in total. The van der Waals surface area contributed by atoms with E-state index in [4.69, 9.17) is 9.47 Å². The van der Waals surface area contributed by atoms with Gasteiger partial charge in [0.1, 0.15) is 0 Å². The van der Waals surface area contributed by atoms with Crippen molar-refractivity contribution in [3.05, 3.63) is 69.9 Å². The highest BCUT2D eigenvalue weighted by Gasteiger charge is 2.34. The Hall–Kier alpha value is -2.48. The molecule has 0 saturated heterocycles. The molecule has 2 aliphatic rings. The maximum Gasteiger partial charge on any atom is 0.241 e. The van der Waals surface area contributed by atoms with Gasteiger partial charge in [0.25, 0.3) is 0 Å². The summed E-state index contributed by atoms with van der Waals surface area (Å²) in [7, 11) is 3.34. The molecule has 1 aromatic heterocycles. The monoisotopic (exact) mass is 466 g/mol. The van der Waals surface area contributed by atoms with Gasteiger partial charge in [-0.05, 0) is 53.3 Å². The second-order valence-electron chi connectivity index (χ2n) is 7.91. The number of carbonyl (C=O) groups is 1. The summed E-state index contributed by atoms with van der Waals surface area (Å²) in [6, 6.07) is 16.6. The predicted molar refractivity (Wildman–Crippen MR) is 131 cm³/mol. The van der Waals surface area contributed by atoms with Crippen molar-refractivity contribution >= 4 is 34.7 Å². The van der Waals surface area contributed by atoms with Crippen LogP contribution in [0, 0.1) is 0 Å². The molecule has 1 amide bonds. The van der Waals surface area contributed by atoms with Crippen molar-refractivity contribution in [1.82, 2.24) is 4.90 Å². The lowest BCUT2D eigenvalue weighted by molar-refractivity contribution is -0.120. The van der Waals surface area contributed by atoms with E-state index in [1.165, 1.54) is 20.9 Å². The number of hydrogen-bond acceptors (Lipinski definition) is 6. The van der Waals surface area contributed by atoms with Crippen LogP contribution >= 0.6 is 23.1 Å². The molecule has 0 spiro atoms. The molecule has 1 atom stereocenters. The van der Waals surface area contributed by atoms with Crippen LogP contribution in [0.1, 0.15) is 22.0 Å². The van der Waals surface area contributed by atoms with Crippen LogP contribution in [0.15, 0.2) is 58.8 Å². The first-order chi connectivity index (χ1) is 15.7. The Labute approximate surface area is 196 Å². The van der Waals surface area contributed by atoms with Crippen LogP contribution in [-0.4, -0.2) is 50.4 Å². The summed E-state index contributed by atoms with van der Waals surface area (Å²) >= 11 is 3.55. The number of thiophene rings is 1. The van der Waals surface area contributed by atoms with E-state index in [2.05, 4.69) is 46.7 Å². The number of nitrogens with zero attached hydrogens (tertiary/aromatic N) is 2. The van der Waals surface area contributed by atoms with Crippen molar-refractivity contribution in [2.75, 3.05) is 44.5 Å². The van der Waals surface area contributed by atoms with Crippen LogP contribution in [0.2, 0.25) is 0 Å². The highest BCUT2D eigenvalue weighted by atomic mass is 32.2. The average Bonchev–Trinajstić information content (AvgIpc) is 3.37. The summed E-state index contributed by atoms with van der Waals surface area (Å²) in [6.07, 6.45) is 0.872. The quantitative estimate of drug-likeness (QED) is 0.538. The lowest BCUT2D eigenvalue weighted by Crippen LogP contribution is -2.46. The second-order valence-corrected chi connectivity index (χ2v) is 10.0. The van der Waals surface area contributed by atoms with Crippen molar-refractivity contribution in [3.63, 3.8) is 0 Å². The number of thioether (sulfide) groups is 1. The average molecular weight is 467 g/mol. The second kappa shape index (κ2) is 9.17. The van der Waals surface area contributed by atoms with Gasteiger partial charge in [-0.15, -0.1) is 23.1 Å². The van der Waals surface area contributed by atoms with Crippen LogP contribution < -0.4 is 14.4 Å². The Morgan fingerprint density at radius 3 is 2.66 bits per heavy atom. The molecular weight excluding hydrogens is 440 g/mol. The van der Waals surface area contributed by atoms with Crippen molar-refractivity contribution in [2.45, 2.75) is 17.4 Å². The van der Waals surface area contributed by atoms with Crippen molar-refractivity contribution in [2.24, 2.45) is 0 Å². The summed E-state index contributed by atoms with van der Waals surface area (Å²) in [4.78, 5) is 20.2. The molecule has 0 bridgehead atoms. The zero-order valence-corrected chi connectivity index (χ0v) is 19.9. The Morgan fingerprint density at radius 2 is 1.88 bits per heavy atom. The molecule has 166 valence electrons. The van der Waals surface area contributed by atoms with E-state index in [1.54, 1.807) is 25.6 Å². The first-order valence-electron chi connectivity index (χ1n) is 10.7. The van der Waals surface area contributed by atoms with Gasteiger partial charge in [-0.2, -0.15) is 0 Å². The predicted octanol–water partition coefficient (Wildman–Crippen LogP) is 4.85. The molecule has 5 rings (SSSR count). The lowest BCUT2D eigenvalue weighted by atomic mass is 9.90. The third-order valence-corrected chi connectivity index (χ3v) is 8.12. The zero-order valence-electron chi connectivity index (χ0n) is 18.2. The van der Waals surface area contributed by atoms with Gasteiger partial charge in [0.05, 0.1) is 32.5 Å². The van der Waals surface area contributed by atoms with Gasteiger partial charge in [-0.3, -0.25) is 9.69 Å². The summed E-state index contributed by atoms with van der Waals surface area (Å²) in [5.41, 5.74) is 3.48. The zero-order chi connectivity index (χ0) is 22.1. The van der Waals surface area contributed by atoms with Crippen LogP contribution in [0.25, 0.3) is 0 Å². The Bertz CT molecular complexity index is 1120. The molecule has 2 aromatic carbocycles. The van der Waals surface area contributed by atoms with E-state index in [9.17, 15) is 4.79 Å². The number of anilines is 1. The van der Waals surface area contributed by atoms with E-state index in [0.717, 1.165) is 42.4 Å². The number of carbonyl (C=O) groups excluding carboxylic acids is 1. The molecule has 0 saturated carbocycles. The molecule has 3 heterocycles. The summed E-state index contributed by atoms with van der Waals surface area (Å²) in [5.74, 6) is 2.56. The Morgan fingerprint density at radius 1 is 1.06 bits per heavy atom. The highest BCUT2D eigenvalue weighted by Crippen LogP contribution is 2.42. The van der Waals surface area contributed by atoms with Crippen LogP contribution in [0.5, 0.6) is 11.5 Å². The first-order valence-corrected chi connectivity index (χ1v) is 12.6. The first kappa shape index (κ1) is 21.4. The van der Waals surface area contributed by atoms with Crippen LogP contribution in [0.3, 0.4) is 0 Å². The fraction of sp³-hybridized carbons (Fsp3) is 0.320. The number of fused-ring (bicyclic) bond motifs is 2. The van der Waals surface area contributed by atoms with E-state index in [0.29, 0.717) is 6.54 Å². The van der Waals surface area contributed by atoms with Gasteiger partial charge in [0.2, 0.25) is 5.91 Å². The van der Waals surface area contributed by atoms with Crippen molar-refractivity contribution < 1.29 is 14.3 Å². The molecule has 32 heavy (non-hydrogen) atoms. The van der Waals surface area contributed by atoms with E-state index < -0.39 is 0 Å². The third kappa shape index (κ3) is 3.89. The molecule has 0 radical (unpaired) electrons. The molecule has 0 N–H and O–H groups in total. The van der Waals surface area contributed by atoms with Gasteiger partial charge in [-0.25, -0.2) is 0 Å². The fourth-order valence-corrected chi connectivity index (χ4v) is 6.51. The smallest absolute Gasteiger partial charge is 0.241 e. The van der Waals surface area contributed by atoms with E-state index in [-0.39, 0.29) is 11.9 Å². The number of benzene rings is 2. The minimum absolute atomic E-state index is 0.0249. The maximum absolute atomic E-state index is 13.5. The normalized spacial score (nSPS) is 18.1. The molecular formula is C25H26N2O3S2. The number of rotatable bonds is 5. The van der Waals surface area contributed by atoms with Crippen LogP contribution in [0.4, 0.5) is 5.69 Å². The Kier molecular flexibility index (Phi) is 6.13. The summed E-state index contributed by atoms with van der Waals surface area (Å²) < 4.78 is 11.1. The molecule has 3 aromatic rings. The maximum atomic E-state index is 13.5. The van der Waals surface area contributed by atoms with Crippen LogP contribution in [-0.2, 0) is 11.2 Å². The minimum atomic E-state index is 0.0249. The lowest BCUT2D eigenvalue weighted by Gasteiger charge is -2.38. The molecule has 0 aliphatic carbocycles. The summed E-state index contributed by atoms with van der Waals surface area (Å²) in [5, 5.41) is 2.10. The molecule has 1 unspecified atom stereocenters. The van der Waals surface area contributed by atoms with E-state index >= 15 is 0 Å². The fourth-order valence-electron chi connectivity index (χ4n) is 4.64. The molecule has 0 fully saturated rings. The van der Waals surface area contributed by atoms with Gasteiger partial charge in [0.15, 0.2) is 11.5 Å². The van der Waals surface area contributed by atoms with Gasteiger partial charge >= 0.3 is 0 Å². The Balaban J connectivity index is 1.48. The molecule has 7 heteroatoms. The number of ether oxygens (including phenoxy) is 2. The topological polar surface area (TPSA) is 42.0 Å². The number of amides is 1. The van der Waals surface area contributed by atoms with Gasteiger partial charge in [0, 0.05) is 28.6 Å². The van der Waals surface area contributed by atoms with Crippen molar-refractivity contribution in [1.29, 1.82) is 0 Å². The van der Waals surface area contributed by atoms with Gasteiger partial charge in [-0.1, -0.05) is 18.2 Å². The number of methoxy groups -OCH3 is 2. The van der Waals surface area contributed by atoms with E-state index in [1.807, 2.05) is 28.8 Å². The SMILES string of the molecule is COc1cc2c(cc1OC)C(c1cccs1)N(CC(=O)N1CCSc3ccccc31)CC2. The highest BCUT2D eigenvalue weighted by molar-refractivity contribution is 7.99. The largest absolute Gasteiger partial charge is 0.493 e. The standard InChI is InChI=1S/C25H26N2O3S2/c1-29-20-14-17-9-10-26(25(23-8-5-12-31-23)18(17)15-21(20)30-2)16-24(28)27-11-13-32-22-7-4-3-6-19(22)27/h3-8,12,14-15,25H,9-11,13,16H2,1-2H3. The van der Waals surface area contributed by atoms with Gasteiger partial charge < -0.3 is 14.4 Å². The summed E-state index contributed by atoms with van der Waals surface area (Å²) in [6.45, 7) is 1.95. The van der Waals surface area contributed by atoms with Crippen molar-refractivity contribution in [3.8, 4) is 11.5 Å².